The van der Waals surface area contributed by atoms with Crippen molar-refractivity contribution in [1.29, 1.82) is 0 Å². The first-order valence-electron chi connectivity index (χ1n) is 7.21. The molecule has 2 N–H and O–H groups in total. The summed E-state index contributed by atoms with van der Waals surface area (Å²) in [6.07, 6.45) is 4.82. The molecule has 0 amide bonds. The highest BCUT2D eigenvalue weighted by atomic mass is 32.2. The normalized spacial score (nSPS) is 22.9. The van der Waals surface area contributed by atoms with Crippen molar-refractivity contribution < 1.29 is 8.42 Å². The Labute approximate surface area is 121 Å². The van der Waals surface area contributed by atoms with Gasteiger partial charge in [-0.3, -0.25) is 0 Å². The van der Waals surface area contributed by atoms with Gasteiger partial charge in [-0.1, -0.05) is 13.3 Å². The molecular weight excluding hydrogens is 274 g/mol. The minimum Gasteiger partial charge on any atom is -0.370 e. The van der Waals surface area contributed by atoms with E-state index in [0.717, 1.165) is 19.4 Å². The molecule has 2 rings (SSSR count). The average Bonchev–Trinajstić information content (AvgIpc) is 2.84. The number of nitrogens with one attached hydrogen (secondary N) is 2. The first-order valence-corrected chi connectivity index (χ1v) is 8.69. The van der Waals surface area contributed by atoms with E-state index in [2.05, 4.69) is 21.9 Å². The lowest BCUT2D eigenvalue weighted by Crippen LogP contribution is -2.28. The largest absolute Gasteiger partial charge is 0.370 e. The van der Waals surface area contributed by atoms with Crippen LogP contribution in [-0.2, 0) is 10.0 Å². The molecule has 0 radical (unpaired) electrons. The van der Waals surface area contributed by atoms with Crippen molar-refractivity contribution in [3.63, 3.8) is 0 Å². The SMILES string of the molecule is CCNc1ccc(S(=O)(=O)NCC2CCC(C)C2)cn1. The Morgan fingerprint density at radius 2 is 2.15 bits per heavy atom. The molecule has 1 saturated carbocycles. The van der Waals surface area contributed by atoms with Crippen LogP contribution < -0.4 is 10.0 Å². The molecule has 1 aromatic rings. The quantitative estimate of drug-likeness (QED) is 0.844. The van der Waals surface area contributed by atoms with Gasteiger partial charge in [-0.15, -0.1) is 0 Å². The van der Waals surface area contributed by atoms with E-state index in [1.165, 1.54) is 12.6 Å². The number of anilines is 1. The van der Waals surface area contributed by atoms with Crippen molar-refractivity contribution in [2.24, 2.45) is 11.8 Å². The fourth-order valence-electron chi connectivity index (χ4n) is 2.65. The van der Waals surface area contributed by atoms with Crippen LogP contribution in [0, 0.1) is 11.8 Å². The lowest BCUT2D eigenvalue weighted by atomic mass is 10.1. The van der Waals surface area contributed by atoms with Crippen LogP contribution in [-0.4, -0.2) is 26.5 Å². The number of hydrogen-bond acceptors (Lipinski definition) is 4. The van der Waals surface area contributed by atoms with Crippen molar-refractivity contribution in [3.8, 4) is 0 Å². The van der Waals surface area contributed by atoms with Crippen molar-refractivity contribution in [3.05, 3.63) is 18.3 Å². The number of hydrogen-bond donors (Lipinski definition) is 2. The van der Waals surface area contributed by atoms with Crippen LogP contribution in [0.25, 0.3) is 0 Å². The molecule has 1 aliphatic rings. The zero-order valence-corrected chi connectivity index (χ0v) is 12.9. The second-order valence-corrected chi connectivity index (χ2v) is 7.31. The minimum atomic E-state index is -3.44. The monoisotopic (exact) mass is 297 g/mol. The summed E-state index contributed by atoms with van der Waals surface area (Å²) < 4.78 is 27.0. The molecule has 0 aliphatic heterocycles. The molecule has 20 heavy (non-hydrogen) atoms. The summed E-state index contributed by atoms with van der Waals surface area (Å²) in [5.74, 6) is 1.87. The van der Waals surface area contributed by atoms with Gasteiger partial charge >= 0.3 is 0 Å². The molecule has 0 aromatic carbocycles. The fourth-order valence-corrected chi connectivity index (χ4v) is 3.71. The first kappa shape index (κ1) is 15.3. The number of rotatable bonds is 6. The molecule has 112 valence electrons. The summed E-state index contributed by atoms with van der Waals surface area (Å²) in [7, 11) is -3.44. The standard InChI is InChI=1S/C14H23N3O2S/c1-3-15-14-7-6-13(10-16-14)20(18,19)17-9-12-5-4-11(2)8-12/h6-7,10-12,17H,3-5,8-9H2,1-2H3,(H,15,16). The number of pyridine rings is 1. The predicted octanol–water partition coefficient (Wildman–Crippen LogP) is 2.23. The van der Waals surface area contributed by atoms with Gasteiger partial charge in [-0.05, 0) is 43.7 Å². The fraction of sp³-hybridized carbons (Fsp3) is 0.643. The van der Waals surface area contributed by atoms with Gasteiger partial charge in [0.15, 0.2) is 0 Å². The van der Waals surface area contributed by atoms with Crippen LogP contribution in [0.15, 0.2) is 23.2 Å². The third kappa shape index (κ3) is 3.93. The highest BCUT2D eigenvalue weighted by molar-refractivity contribution is 7.89. The third-order valence-corrected chi connectivity index (χ3v) is 5.18. The molecule has 2 unspecified atom stereocenters. The summed E-state index contributed by atoms with van der Waals surface area (Å²) in [5.41, 5.74) is 0. The van der Waals surface area contributed by atoms with Crippen molar-refractivity contribution in [1.82, 2.24) is 9.71 Å². The van der Waals surface area contributed by atoms with Crippen LogP contribution in [0.5, 0.6) is 0 Å². The Hall–Kier alpha value is -1.14. The molecule has 0 saturated heterocycles. The van der Waals surface area contributed by atoms with E-state index in [9.17, 15) is 8.42 Å². The topological polar surface area (TPSA) is 71.1 Å². The lowest BCUT2D eigenvalue weighted by Gasteiger charge is -2.12. The van der Waals surface area contributed by atoms with Crippen LogP contribution in [0.1, 0.15) is 33.1 Å². The Balaban J connectivity index is 1.95. The highest BCUT2D eigenvalue weighted by Gasteiger charge is 2.23. The molecule has 5 nitrogen and oxygen atoms in total. The van der Waals surface area contributed by atoms with Crippen LogP contribution in [0.4, 0.5) is 5.82 Å². The summed E-state index contributed by atoms with van der Waals surface area (Å²) in [5, 5.41) is 3.04. The Morgan fingerprint density at radius 1 is 1.35 bits per heavy atom. The van der Waals surface area contributed by atoms with Gasteiger partial charge in [-0.25, -0.2) is 18.1 Å². The second kappa shape index (κ2) is 6.54. The molecule has 0 spiro atoms. The molecule has 1 heterocycles. The summed E-state index contributed by atoms with van der Waals surface area (Å²) in [4.78, 5) is 4.32. The Morgan fingerprint density at radius 3 is 2.70 bits per heavy atom. The van der Waals surface area contributed by atoms with E-state index >= 15 is 0 Å². The smallest absolute Gasteiger partial charge is 0.242 e. The van der Waals surface area contributed by atoms with Crippen LogP contribution >= 0.6 is 0 Å². The van der Waals surface area contributed by atoms with Gasteiger partial charge in [0.25, 0.3) is 0 Å². The zero-order valence-electron chi connectivity index (χ0n) is 12.1. The molecule has 1 aliphatic carbocycles. The van der Waals surface area contributed by atoms with Crippen LogP contribution in [0.2, 0.25) is 0 Å². The van der Waals surface area contributed by atoms with Crippen LogP contribution in [0.3, 0.4) is 0 Å². The van der Waals surface area contributed by atoms with Gasteiger partial charge in [0, 0.05) is 19.3 Å². The maximum Gasteiger partial charge on any atom is 0.242 e. The minimum absolute atomic E-state index is 0.227. The van der Waals surface area contributed by atoms with E-state index in [-0.39, 0.29) is 4.90 Å². The van der Waals surface area contributed by atoms with Gasteiger partial charge in [-0.2, -0.15) is 0 Å². The van der Waals surface area contributed by atoms with E-state index in [1.54, 1.807) is 12.1 Å². The van der Waals surface area contributed by atoms with E-state index in [1.807, 2.05) is 6.92 Å². The molecular formula is C14H23N3O2S. The first-order chi connectivity index (χ1) is 9.51. The summed E-state index contributed by atoms with van der Waals surface area (Å²) in [6, 6.07) is 3.28. The maximum absolute atomic E-state index is 12.2. The van der Waals surface area contributed by atoms with Crippen molar-refractivity contribution in [2.75, 3.05) is 18.4 Å². The number of sulfonamides is 1. The summed E-state index contributed by atoms with van der Waals surface area (Å²) in [6.45, 7) is 5.48. The number of aromatic nitrogens is 1. The highest BCUT2D eigenvalue weighted by Crippen LogP contribution is 2.29. The average molecular weight is 297 g/mol. The van der Waals surface area contributed by atoms with E-state index in [0.29, 0.717) is 24.2 Å². The molecule has 1 fully saturated rings. The third-order valence-electron chi connectivity index (χ3n) is 3.77. The van der Waals surface area contributed by atoms with Gasteiger partial charge in [0.05, 0.1) is 0 Å². The molecule has 0 bridgehead atoms. The lowest BCUT2D eigenvalue weighted by molar-refractivity contribution is 0.498. The molecule has 1 aromatic heterocycles. The van der Waals surface area contributed by atoms with Gasteiger partial charge < -0.3 is 5.32 Å². The second-order valence-electron chi connectivity index (χ2n) is 5.55. The number of nitrogens with zero attached hydrogens (tertiary/aromatic N) is 1. The van der Waals surface area contributed by atoms with Crippen molar-refractivity contribution in [2.45, 2.75) is 38.0 Å². The molecule has 2 atom stereocenters. The maximum atomic E-state index is 12.2. The Bertz CT molecular complexity index is 528. The predicted molar refractivity (Wildman–Crippen MR) is 80.1 cm³/mol. The zero-order chi connectivity index (χ0) is 14.6. The van der Waals surface area contributed by atoms with E-state index < -0.39 is 10.0 Å². The Kier molecular flexibility index (Phi) is 4.99. The van der Waals surface area contributed by atoms with Gasteiger partial charge in [0.1, 0.15) is 10.7 Å². The summed E-state index contributed by atoms with van der Waals surface area (Å²) >= 11 is 0. The molecule has 6 heteroatoms. The van der Waals surface area contributed by atoms with Crippen molar-refractivity contribution >= 4 is 15.8 Å². The van der Waals surface area contributed by atoms with E-state index in [4.69, 9.17) is 0 Å². The van der Waals surface area contributed by atoms with Gasteiger partial charge in [0.2, 0.25) is 10.0 Å².